The molecule has 7 nitrogen and oxygen atoms in total. The van der Waals surface area contributed by atoms with E-state index in [9.17, 15) is 13.6 Å². The summed E-state index contributed by atoms with van der Waals surface area (Å²) in [5.41, 5.74) is 1.35. The number of hydrogen-bond donors (Lipinski definition) is 2. The third-order valence-electron chi connectivity index (χ3n) is 4.76. The normalized spacial score (nSPS) is 19.3. The fourth-order valence-electron chi connectivity index (χ4n) is 3.50. The summed E-state index contributed by atoms with van der Waals surface area (Å²) in [6.07, 6.45) is 0.558. The summed E-state index contributed by atoms with van der Waals surface area (Å²) >= 11 is 0. The van der Waals surface area contributed by atoms with Crippen LogP contribution in [0.5, 0.6) is 0 Å². The largest absolute Gasteiger partial charge is 0.395 e. The van der Waals surface area contributed by atoms with Crippen LogP contribution in [0.25, 0.3) is 5.65 Å². The van der Waals surface area contributed by atoms with E-state index in [1.807, 2.05) is 0 Å². The lowest BCUT2D eigenvalue weighted by molar-refractivity contribution is 0.0937. The van der Waals surface area contributed by atoms with Crippen molar-refractivity contribution in [2.75, 3.05) is 24.6 Å². The van der Waals surface area contributed by atoms with E-state index >= 15 is 0 Å². The molecule has 1 aliphatic rings. The molecule has 4 rings (SSSR count). The number of anilines is 1. The number of nitrogens with zero attached hydrogens (tertiary/aromatic N) is 4. The van der Waals surface area contributed by atoms with Crippen molar-refractivity contribution in [3.05, 3.63) is 59.7 Å². The van der Waals surface area contributed by atoms with Crippen LogP contribution in [0.4, 0.5) is 14.6 Å². The van der Waals surface area contributed by atoms with Crippen LogP contribution >= 0.6 is 0 Å². The number of alkyl halides is 1. The van der Waals surface area contributed by atoms with Gasteiger partial charge in [0.25, 0.3) is 5.91 Å². The Bertz CT molecular complexity index is 1010. The van der Waals surface area contributed by atoms with Crippen molar-refractivity contribution in [1.82, 2.24) is 19.9 Å². The van der Waals surface area contributed by atoms with Gasteiger partial charge in [0.1, 0.15) is 17.8 Å². The quantitative estimate of drug-likeness (QED) is 0.699. The van der Waals surface area contributed by atoms with Crippen molar-refractivity contribution in [2.45, 2.75) is 18.6 Å². The molecule has 2 N–H and O–H groups in total. The Morgan fingerprint density at radius 1 is 1.32 bits per heavy atom. The monoisotopic (exact) mass is 387 g/mol. The minimum Gasteiger partial charge on any atom is -0.395 e. The molecule has 1 saturated heterocycles. The highest BCUT2D eigenvalue weighted by Crippen LogP contribution is 2.36. The Hall–Kier alpha value is -3.07. The molecule has 28 heavy (non-hydrogen) atoms. The van der Waals surface area contributed by atoms with E-state index in [-0.39, 0.29) is 43.7 Å². The van der Waals surface area contributed by atoms with Crippen molar-refractivity contribution >= 4 is 17.4 Å². The average molecular weight is 387 g/mol. The average Bonchev–Trinajstić information content (AvgIpc) is 3.29. The summed E-state index contributed by atoms with van der Waals surface area (Å²) in [4.78, 5) is 18.2. The van der Waals surface area contributed by atoms with Gasteiger partial charge in [-0.1, -0.05) is 12.1 Å². The van der Waals surface area contributed by atoms with Crippen LogP contribution in [0.1, 0.15) is 28.5 Å². The van der Waals surface area contributed by atoms with Crippen LogP contribution in [0.3, 0.4) is 0 Å². The van der Waals surface area contributed by atoms with Gasteiger partial charge in [-0.3, -0.25) is 4.79 Å². The first-order chi connectivity index (χ1) is 13.6. The molecule has 2 aromatic heterocycles. The zero-order valence-corrected chi connectivity index (χ0v) is 14.9. The van der Waals surface area contributed by atoms with Gasteiger partial charge in [0, 0.05) is 13.0 Å². The van der Waals surface area contributed by atoms with Crippen LogP contribution in [-0.2, 0) is 0 Å². The highest BCUT2D eigenvalue weighted by atomic mass is 19.1. The second kappa shape index (κ2) is 7.51. The first kappa shape index (κ1) is 18.3. The number of benzene rings is 1. The molecule has 1 fully saturated rings. The molecule has 0 saturated carbocycles. The van der Waals surface area contributed by atoms with Gasteiger partial charge in [0.05, 0.1) is 25.4 Å². The molecule has 3 heterocycles. The second-order valence-corrected chi connectivity index (χ2v) is 6.64. The van der Waals surface area contributed by atoms with E-state index < -0.39 is 12.1 Å². The van der Waals surface area contributed by atoms with Gasteiger partial charge in [-0.2, -0.15) is 0 Å². The minimum atomic E-state index is -1.07. The van der Waals surface area contributed by atoms with E-state index in [1.165, 1.54) is 22.8 Å². The van der Waals surface area contributed by atoms with E-state index in [0.717, 1.165) is 0 Å². The number of aliphatic hydroxyl groups excluding tert-OH is 1. The maximum Gasteiger partial charge on any atom is 0.271 e. The van der Waals surface area contributed by atoms with Crippen LogP contribution in [-0.4, -0.2) is 51.5 Å². The molecule has 0 bridgehead atoms. The smallest absolute Gasteiger partial charge is 0.271 e. The molecule has 0 radical (unpaired) electrons. The fourth-order valence-corrected chi connectivity index (χ4v) is 3.50. The van der Waals surface area contributed by atoms with E-state index in [1.54, 1.807) is 29.2 Å². The van der Waals surface area contributed by atoms with Gasteiger partial charge in [-0.15, -0.1) is 5.10 Å². The first-order valence-corrected chi connectivity index (χ1v) is 8.97. The van der Waals surface area contributed by atoms with E-state index in [4.69, 9.17) is 5.11 Å². The molecule has 0 spiro atoms. The van der Waals surface area contributed by atoms with Crippen molar-refractivity contribution in [3.8, 4) is 0 Å². The topological polar surface area (TPSA) is 82.8 Å². The Balaban J connectivity index is 1.70. The van der Waals surface area contributed by atoms with Crippen LogP contribution in [0.2, 0.25) is 0 Å². The second-order valence-electron chi connectivity index (χ2n) is 6.64. The predicted molar refractivity (Wildman–Crippen MR) is 98.4 cm³/mol. The highest BCUT2D eigenvalue weighted by molar-refractivity contribution is 5.93. The minimum absolute atomic E-state index is 0.114. The maximum absolute atomic E-state index is 14.2. The molecule has 3 aromatic rings. The fraction of sp³-hybridized carbons (Fsp3) is 0.316. The molecule has 0 aliphatic carbocycles. The van der Waals surface area contributed by atoms with Crippen molar-refractivity contribution in [1.29, 1.82) is 0 Å². The highest BCUT2D eigenvalue weighted by Gasteiger charge is 2.34. The van der Waals surface area contributed by atoms with Gasteiger partial charge >= 0.3 is 0 Å². The Morgan fingerprint density at radius 3 is 2.96 bits per heavy atom. The van der Waals surface area contributed by atoms with Crippen LogP contribution < -0.4 is 10.2 Å². The summed E-state index contributed by atoms with van der Waals surface area (Å²) < 4.78 is 29.3. The number of imidazole rings is 1. The molecular formula is C19H19F2N5O2. The van der Waals surface area contributed by atoms with Gasteiger partial charge in [-0.25, -0.2) is 18.3 Å². The Morgan fingerprint density at radius 2 is 2.18 bits per heavy atom. The summed E-state index contributed by atoms with van der Waals surface area (Å²) in [6.45, 7) is 0.0611. The van der Waals surface area contributed by atoms with Crippen molar-refractivity contribution < 1.29 is 18.7 Å². The number of aromatic nitrogens is 3. The van der Waals surface area contributed by atoms with Gasteiger partial charge in [0.15, 0.2) is 11.3 Å². The van der Waals surface area contributed by atoms with Gasteiger partial charge < -0.3 is 15.3 Å². The third-order valence-corrected chi connectivity index (χ3v) is 4.76. The zero-order valence-electron chi connectivity index (χ0n) is 14.9. The van der Waals surface area contributed by atoms with E-state index in [0.29, 0.717) is 17.0 Å². The Kier molecular flexibility index (Phi) is 4.91. The molecule has 146 valence electrons. The summed E-state index contributed by atoms with van der Waals surface area (Å²) in [7, 11) is 0. The molecule has 1 aromatic carbocycles. The molecule has 2 atom stereocenters. The number of rotatable bonds is 5. The number of aliphatic hydroxyl groups is 1. The number of carbonyl (C=O) groups is 1. The lowest BCUT2D eigenvalue weighted by atomic mass is 10.0. The molecule has 9 heteroatoms. The van der Waals surface area contributed by atoms with Crippen molar-refractivity contribution in [2.24, 2.45) is 0 Å². The van der Waals surface area contributed by atoms with Crippen LogP contribution in [0, 0.1) is 5.82 Å². The summed E-state index contributed by atoms with van der Waals surface area (Å²) in [5, 5.41) is 15.9. The van der Waals surface area contributed by atoms with Crippen molar-refractivity contribution in [3.63, 3.8) is 0 Å². The standard InChI is InChI=1S/C19H19F2N5O2/c20-13-3-1-2-12(8-13)15-9-14(21)11-25(15)18-5-4-17-23-10-16(26(17)24-18)19(28)22-6-7-27/h1-5,8,10,14-15,27H,6-7,9,11H2,(H,22,28). The zero-order chi connectivity index (χ0) is 19.7. The molecule has 2 unspecified atom stereocenters. The number of fused-ring (bicyclic) bond motifs is 1. The van der Waals surface area contributed by atoms with Gasteiger partial charge in [0.2, 0.25) is 0 Å². The van der Waals surface area contributed by atoms with E-state index in [2.05, 4.69) is 15.4 Å². The maximum atomic E-state index is 14.2. The lowest BCUT2D eigenvalue weighted by Gasteiger charge is -2.25. The predicted octanol–water partition coefficient (Wildman–Crippen LogP) is 1.88. The molecular weight excluding hydrogens is 368 g/mol. The molecule has 1 aliphatic heterocycles. The summed E-state index contributed by atoms with van der Waals surface area (Å²) in [5.74, 6) is -0.325. The first-order valence-electron chi connectivity index (χ1n) is 8.97. The number of nitrogens with one attached hydrogen (secondary N) is 1. The van der Waals surface area contributed by atoms with Crippen LogP contribution in [0.15, 0.2) is 42.6 Å². The van der Waals surface area contributed by atoms with Gasteiger partial charge in [-0.05, 0) is 29.8 Å². The summed E-state index contributed by atoms with van der Waals surface area (Å²) in [6, 6.07) is 9.17. The molecule has 1 amide bonds. The lowest BCUT2D eigenvalue weighted by Crippen LogP contribution is -2.28. The third kappa shape index (κ3) is 3.40. The number of amides is 1. The Labute approximate surface area is 159 Å². The number of halogens is 2. The number of carbonyl (C=O) groups excluding carboxylic acids is 1. The SMILES string of the molecule is O=C(NCCO)c1cnc2ccc(N3CC(F)CC3c3cccc(F)c3)nn12. The number of hydrogen-bond acceptors (Lipinski definition) is 5.